The number of methoxy groups -OCH3 is 1. The number of furan rings is 2. The van der Waals surface area contributed by atoms with Crippen LogP contribution in [0.1, 0.15) is 46.2 Å². The lowest BCUT2D eigenvalue weighted by atomic mass is 10.1. The van der Waals surface area contributed by atoms with Gasteiger partial charge in [0.2, 0.25) is 0 Å². The summed E-state index contributed by atoms with van der Waals surface area (Å²) in [5.41, 5.74) is 0.588. The topological polar surface area (TPSA) is 103 Å². The summed E-state index contributed by atoms with van der Waals surface area (Å²) in [7, 11) is 1.52. The van der Waals surface area contributed by atoms with Gasteiger partial charge in [0.1, 0.15) is 6.17 Å². The van der Waals surface area contributed by atoms with E-state index >= 15 is 0 Å². The van der Waals surface area contributed by atoms with Crippen LogP contribution in [0.4, 0.5) is 0 Å². The maximum Gasteiger partial charge on any atom is 0.288 e. The minimum Gasteiger partial charge on any atom is -0.493 e. The number of carbonyl (C=O) groups excluding carboxylic acids is 2. The van der Waals surface area contributed by atoms with Crippen LogP contribution in [0.25, 0.3) is 0 Å². The molecular formula is C21H22N2O6. The van der Waals surface area contributed by atoms with E-state index in [1.54, 1.807) is 30.3 Å². The molecule has 0 saturated heterocycles. The van der Waals surface area contributed by atoms with Crippen LogP contribution in [0.3, 0.4) is 0 Å². The number of rotatable bonds is 9. The van der Waals surface area contributed by atoms with Crippen molar-refractivity contribution in [1.82, 2.24) is 10.6 Å². The summed E-state index contributed by atoms with van der Waals surface area (Å²) in [4.78, 5) is 25.0. The van der Waals surface area contributed by atoms with Gasteiger partial charge in [-0.25, -0.2) is 0 Å². The standard InChI is InChI=1S/C21H22N2O6/c1-3-10-27-15-9-8-14(13-18(15)26-2)19(22-20(24)16-6-4-11-28-16)23-21(25)17-7-5-12-29-17/h4-9,11-13,19H,3,10H2,1-2H3,(H,22,24)(H,23,25). The Morgan fingerprint density at radius 3 is 2.07 bits per heavy atom. The van der Waals surface area contributed by atoms with Crippen LogP contribution in [-0.4, -0.2) is 25.5 Å². The van der Waals surface area contributed by atoms with Gasteiger partial charge in [-0.05, 0) is 48.4 Å². The molecule has 0 bridgehead atoms. The van der Waals surface area contributed by atoms with Crippen LogP contribution in [0.5, 0.6) is 11.5 Å². The molecule has 0 atom stereocenters. The summed E-state index contributed by atoms with van der Waals surface area (Å²) in [5, 5.41) is 5.48. The van der Waals surface area contributed by atoms with Gasteiger partial charge in [-0.2, -0.15) is 0 Å². The molecule has 0 radical (unpaired) electrons. The molecule has 0 saturated carbocycles. The highest BCUT2D eigenvalue weighted by Gasteiger charge is 2.22. The van der Waals surface area contributed by atoms with E-state index < -0.39 is 18.0 Å². The second kappa shape index (κ2) is 9.50. The first kappa shape index (κ1) is 20.1. The van der Waals surface area contributed by atoms with Crippen molar-refractivity contribution in [3.05, 3.63) is 72.1 Å². The molecule has 0 spiro atoms. The Bertz CT molecular complexity index is 886. The van der Waals surface area contributed by atoms with Crippen LogP contribution in [0.2, 0.25) is 0 Å². The highest BCUT2D eigenvalue weighted by atomic mass is 16.5. The van der Waals surface area contributed by atoms with Gasteiger partial charge in [0, 0.05) is 0 Å². The van der Waals surface area contributed by atoms with Gasteiger partial charge >= 0.3 is 0 Å². The first-order chi connectivity index (χ1) is 14.1. The van der Waals surface area contributed by atoms with Crippen LogP contribution in [0, 0.1) is 0 Å². The van der Waals surface area contributed by atoms with Crippen molar-refractivity contribution in [1.29, 1.82) is 0 Å². The second-order valence-electron chi connectivity index (χ2n) is 6.09. The van der Waals surface area contributed by atoms with E-state index in [4.69, 9.17) is 18.3 Å². The lowest BCUT2D eigenvalue weighted by molar-refractivity contribution is 0.0853. The molecule has 2 amide bonds. The van der Waals surface area contributed by atoms with Gasteiger partial charge in [0.15, 0.2) is 23.0 Å². The van der Waals surface area contributed by atoms with Gasteiger partial charge in [-0.15, -0.1) is 0 Å². The summed E-state index contributed by atoms with van der Waals surface area (Å²) in [5.74, 6) is 0.344. The first-order valence-corrected chi connectivity index (χ1v) is 9.11. The van der Waals surface area contributed by atoms with Crippen molar-refractivity contribution >= 4 is 11.8 Å². The Balaban J connectivity index is 1.87. The average Bonchev–Trinajstić information content (AvgIpc) is 3.45. The average molecular weight is 398 g/mol. The van der Waals surface area contributed by atoms with Crippen molar-refractivity contribution < 1.29 is 27.9 Å². The molecule has 2 heterocycles. The van der Waals surface area contributed by atoms with Gasteiger partial charge in [-0.1, -0.05) is 13.0 Å². The Kier molecular flexibility index (Phi) is 6.57. The third kappa shape index (κ3) is 4.98. The highest BCUT2D eigenvalue weighted by molar-refractivity contribution is 5.94. The van der Waals surface area contributed by atoms with Crippen molar-refractivity contribution in [2.45, 2.75) is 19.5 Å². The van der Waals surface area contributed by atoms with Crippen LogP contribution in [-0.2, 0) is 0 Å². The minimum absolute atomic E-state index is 0.122. The van der Waals surface area contributed by atoms with Crippen molar-refractivity contribution in [3.63, 3.8) is 0 Å². The molecule has 0 fully saturated rings. The van der Waals surface area contributed by atoms with Crippen molar-refractivity contribution in [3.8, 4) is 11.5 Å². The molecule has 29 heavy (non-hydrogen) atoms. The van der Waals surface area contributed by atoms with E-state index in [1.165, 1.54) is 31.8 Å². The van der Waals surface area contributed by atoms with Crippen molar-refractivity contribution in [2.75, 3.05) is 13.7 Å². The lowest BCUT2D eigenvalue weighted by Crippen LogP contribution is -2.41. The first-order valence-electron chi connectivity index (χ1n) is 9.11. The fourth-order valence-corrected chi connectivity index (χ4v) is 2.62. The van der Waals surface area contributed by atoms with E-state index in [-0.39, 0.29) is 11.5 Å². The minimum atomic E-state index is -0.862. The second-order valence-corrected chi connectivity index (χ2v) is 6.09. The van der Waals surface area contributed by atoms with Gasteiger partial charge in [-0.3, -0.25) is 9.59 Å². The summed E-state index contributed by atoms with van der Waals surface area (Å²) in [6.45, 7) is 2.55. The Morgan fingerprint density at radius 1 is 0.966 bits per heavy atom. The third-order valence-corrected chi connectivity index (χ3v) is 4.02. The summed E-state index contributed by atoms with van der Waals surface area (Å²) in [6, 6.07) is 11.4. The number of amides is 2. The molecule has 0 aliphatic heterocycles. The Labute approximate surface area is 167 Å². The monoisotopic (exact) mass is 398 g/mol. The zero-order valence-electron chi connectivity index (χ0n) is 16.1. The number of ether oxygens (including phenoxy) is 2. The third-order valence-electron chi connectivity index (χ3n) is 4.02. The lowest BCUT2D eigenvalue weighted by Gasteiger charge is -2.21. The number of nitrogens with one attached hydrogen (secondary N) is 2. The maximum atomic E-state index is 12.5. The van der Waals surface area contributed by atoms with Crippen LogP contribution < -0.4 is 20.1 Å². The number of hydrogen-bond donors (Lipinski definition) is 2. The molecule has 2 aromatic heterocycles. The number of benzene rings is 1. The molecule has 3 aromatic rings. The molecule has 1 aromatic carbocycles. The SMILES string of the molecule is CCCOc1ccc(C(NC(=O)c2ccco2)NC(=O)c2ccco2)cc1OC. The summed E-state index contributed by atoms with van der Waals surface area (Å²) >= 11 is 0. The molecule has 152 valence electrons. The van der Waals surface area contributed by atoms with Gasteiger partial charge in [0.25, 0.3) is 11.8 Å². The molecule has 8 nitrogen and oxygen atoms in total. The predicted octanol–water partition coefficient (Wildman–Crippen LogP) is 3.53. The molecule has 3 rings (SSSR count). The molecule has 0 unspecified atom stereocenters. The molecule has 2 N–H and O–H groups in total. The Morgan fingerprint density at radius 2 is 1.59 bits per heavy atom. The van der Waals surface area contributed by atoms with E-state index in [0.717, 1.165) is 6.42 Å². The molecular weight excluding hydrogens is 376 g/mol. The Hall–Kier alpha value is -3.68. The van der Waals surface area contributed by atoms with Crippen molar-refractivity contribution in [2.24, 2.45) is 0 Å². The smallest absolute Gasteiger partial charge is 0.288 e. The largest absolute Gasteiger partial charge is 0.493 e. The molecule has 0 aliphatic rings. The van der Waals surface area contributed by atoms with E-state index in [9.17, 15) is 9.59 Å². The molecule has 0 aliphatic carbocycles. The fourth-order valence-electron chi connectivity index (χ4n) is 2.62. The summed E-state index contributed by atoms with van der Waals surface area (Å²) in [6.07, 6.45) is 2.79. The number of hydrogen-bond acceptors (Lipinski definition) is 6. The normalized spacial score (nSPS) is 10.6. The van der Waals surface area contributed by atoms with Crippen LogP contribution in [0.15, 0.2) is 63.8 Å². The fraction of sp³-hybridized carbons (Fsp3) is 0.238. The van der Waals surface area contributed by atoms with E-state index in [1.807, 2.05) is 6.92 Å². The quantitative estimate of drug-likeness (QED) is 0.535. The number of carbonyl (C=O) groups is 2. The van der Waals surface area contributed by atoms with Crippen LogP contribution >= 0.6 is 0 Å². The molecule has 8 heteroatoms. The van der Waals surface area contributed by atoms with Gasteiger partial charge < -0.3 is 28.9 Å². The predicted molar refractivity (Wildman–Crippen MR) is 104 cm³/mol. The highest BCUT2D eigenvalue weighted by Crippen LogP contribution is 2.30. The zero-order chi connectivity index (χ0) is 20.6. The zero-order valence-corrected chi connectivity index (χ0v) is 16.1. The maximum absolute atomic E-state index is 12.5. The van der Waals surface area contributed by atoms with E-state index in [2.05, 4.69) is 10.6 Å². The van der Waals surface area contributed by atoms with Gasteiger partial charge in [0.05, 0.1) is 26.2 Å². The van der Waals surface area contributed by atoms with E-state index in [0.29, 0.717) is 23.7 Å². The summed E-state index contributed by atoms with van der Waals surface area (Å²) < 4.78 is 21.3.